The third-order valence-corrected chi connectivity index (χ3v) is 6.90. The fraction of sp³-hybridized carbons (Fsp3) is 0.500. The first-order chi connectivity index (χ1) is 18.0. The summed E-state index contributed by atoms with van der Waals surface area (Å²) in [6, 6.07) is 9.09. The molecule has 38 heavy (non-hydrogen) atoms. The van der Waals surface area contributed by atoms with E-state index < -0.39 is 11.5 Å². The average Bonchev–Trinajstić information content (AvgIpc) is 3.11. The molecule has 0 fully saturated rings. The molecule has 0 saturated carbocycles. The molecule has 10 heteroatoms. The molecule has 0 unspecified atom stereocenters. The summed E-state index contributed by atoms with van der Waals surface area (Å²) < 4.78 is 3.54. The molecule has 3 rings (SSSR count). The first kappa shape index (κ1) is 29.2. The normalized spacial score (nSPS) is 11.7. The van der Waals surface area contributed by atoms with Gasteiger partial charge >= 0.3 is 5.69 Å². The minimum absolute atomic E-state index is 0.0752. The van der Waals surface area contributed by atoms with Crippen LogP contribution in [-0.4, -0.2) is 37.8 Å². The summed E-state index contributed by atoms with van der Waals surface area (Å²) in [5, 5.41) is 25.6. The Bertz CT molecular complexity index is 1390. The van der Waals surface area contributed by atoms with Gasteiger partial charge in [0.15, 0.2) is 0 Å². The van der Waals surface area contributed by atoms with Crippen LogP contribution in [0.3, 0.4) is 0 Å². The number of benzene rings is 1. The number of imidazole rings is 1. The molecule has 3 N–H and O–H groups in total. The zero-order chi connectivity index (χ0) is 28.0. The number of amides is 1. The number of nitrogens with zero attached hydrogens (tertiary/aromatic N) is 4. The minimum atomic E-state index is -0.928. The van der Waals surface area contributed by atoms with Crippen molar-refractivity contribution in [2.24, 2.45) is 5.92 Å². The summed E-state index contributed by atoms with van der Waals surface area (Å²) in [6.45, 7) is 8.76. The number of nitrogens with one attached hydrogen (secondary N) is 2. The third kappa shape index (κ3) is 6.74. The smallest absolute Gasteiger partial charge is 0.329 e. The quantitative estimate of drug-likeness (QED) is 0.271. The Balaban J connectivity index is 2.11. The van der Waals surface area contributed by atoms with Crippen molar-refractivity contribution in [3.63, 3.8) is 0 Å². The number of aromatic nitrogens is 3. The molecule has 0 atom stereocenters. The summed E-state index contributed by atoms with van der Waals surface area (Å²) in [6.07, 6.45) is 4.61. The van der Waals surface area contributed by atoms with Gasteiger partial charge in [-0.05, 0) is 63.3 Å². The van der Waals surface area contributed by atoms with E-state index >= 15 is 0 Å². The summed E-state index contributed by atoms with van der Waals surface area (Å²) in [5.74, 6) is -0.0322. The van der Waals surface area contributed by atoms with Gasteiger partial charge in [-0.25, -0.2) is 9.78 Å². The summed E-state index contributed by atoms with van der Waals surface area (Å²) in [7, 11) is 1.49. The highest BCUT2D eigenvalue weighted by Gasteiger charge is 2.21. The van der Waals surface area contributed by atoms with Gasteiger partial charge in [0.25, 0.3) is 5.91 Å². The molecule has 0 saturated heterocycles. The first-order valence-corrected chi connectivity index (χ1v) is 13.5. The molecule has 2 heterocycles. The monoisotopic (exact) mass is 540 g/mol. The molecule has 0 aliphatic carbocycles. The number of fused-ring (bicyclic) bond motifs is 1. The van der Waals surface area contributed by atoms with Crippen molar-refractivity contribution in [2.75, 3.05) is 12.4 Å². The van der Waals surface area contributed by atoms with Crippen LogP contribution in [0, 0.1) is 17.2 Å². The number of hydrogen-bond acceptors (Lipinski definition) is 6. The third-order valence-electron chi connectivity index (χ3n) is 6.63. The highest BCUT2D eigenvalue weighted by atomic mass is 35.5. The van der Waals surface area contributed by atoms with Crippen molar-refractivity contribution in [3.05, 3.63) is 51.2 Å². The lowest BCUT2D eigenvalue weighted by atomic mass is 9.98. The molecule has 9 nitrogen and oxygen atoms in total. The number of pyridine rings is 1. The van der Waals surface area contributed by atoms with Gasteiger partial charge in [0.05, 0.1) is 22.3 Å². The van der Waals surface area contributed by atoms with Crippen molar-refractivity contribution < 1.29 is 9.90 Å². The number of nitriles is 1. The first-order valence-electron chi connectivity index (χ1n) is 13.1. The van der Waals surface area contributed by atoms with E-state index in [1.807, 2.05) is 28.8 Å². The molecule has 0 radical (unpaired) electrons. The van der Waals surface area contributed by atoms with E-state index in [4.69, 9.17) is 11.6 Å². The van der Waals surface area contributed by atoms with E-state index in [0.717, 1.165) is 36.7 Å². The maximum atomic E-state index is 13.6. The highest BCUT2D eigenvalue weighted by molar-refractivity contribution is 6.31. The van der Waals surface area contributed by atoms with Crippen molar-refractivity contribution >= 4 is 39.9 Å². The lowest BCUT2D eigenvalue weighted by Crippen LogP contribution is -2.29. The number of rotatable bonds is 12. The van der Waals surface area contributed by atoms with Crippen molar-refractivity contribution in [1.82, 2.24) is 19.4 Å². The van der Waals surface area contributed by atoms with Crippen LogP contribution in [0.1, 0.15) is 75.9 Å². The van der Waals surface area contributed by atoms with Gasteiger partial charge in [-0.15, -0.1) is 0 Å². The summed E-state index contributed by atoms with van der Waals surface area (Å²) in [4.78, 5) is 29.8. The lowest BCUT2D eigenvalue weighted by molar-refractivity contribution is 0.0662. The van der Waals surface area contributed by atoms with Crippen LogP contribution in [0.4, 0.5) is 11.4 Å². The van der Waals surface area contributed by atoms with Gasteiger partial charge in [-0.1, -0.05) is 38.3 Å². The second kappa shape index (κ2) is 12.5. The SMILES string of the molecule is CCCC(CCC)Cn1c(=O)n(CCC(C)(C)O)c2cc(Nc3cc(C(=O)NC)nc(Cl)c3C#N)ccc21. The molecular weight excluding hydrogens is 504 g/mol. The van der Waals surface area contributed by atoms with E-state index in [2.05, 4.69) is 29.5 Å². The number of carbonyl (C=O) groups excluding carboxylic acids is 1. The van der Waals surface area contributed by atoms with Crippen LogP contribution in [-0.2, 0) is 13.1 Å². The Morgan fingerprint density at radius 1 is 1.18 bits per heavy atom. The zero-order valence-electron chi connectivity index (χ0n) is 22.8. The minimum Gasteiger partial charge on any atom is -0.390 e. The Morgan fingerprint density at radius 2 is 1.87 bits per heavy atom. The van der Waals surface area contributed by atoms with Crippen LogP contribution >= 0.6 is 11.6 Å². The van der Waals surface area contributed by atoms with Gasteiger partial charge in [0, 0.05) is 25.8 Å². The fourth-order valence-electron chi connectivity index (χ4n) is 4.70. The fourth-order valence-corrected chi connectivity index (χ4v) is 4.93. The predicted molar refractivity (Wildman–Crippen MR) is 151 cm³/mol. The number of hydrogen-bond donors (Lipinski definition) is 3. The second-order valence-corrected chi connectivity index (χ2v) is 10.6. The van der Waals surface area contributed by atoms with E-state index in [9.17, 15) is 20.0 Å². The van der Waals surface area contributed by atoms with E-state index in [0.29, 0.717) is 36.8 Å². The van der Waals surface area contributed by atoms with Crippen molar-refractivity contribution in [1.29, 1.82) is 5.26 Å². The Morgan fingerprint density at radius 3 is 2.45 bits per heavy atom. The van der Waals surface area contributed by atoms with Crippen LogP contribution in [0.15, 0.2) is 29.1 Å². The number of halogens is 1. The van der Waals surface area contributed by atoms with Crippen LogP contribution in [0.2, 0.25) is 5.15 Å². The molecule has 3 aromatic rings. The Labute approximate surface area is 228 Å². The van der Waals surface area contributed by atoms with Gasteiger partial charge in [0.2, 0.25) is 0 Å². The molecule has 0 aliphatic heterocycles. The lowest BCUT2D eigenvalue weighted by Gasteiger charge is -2.17. The van der Waals surface area contributed by atoms with Gasteiger partial charge < -0.3 is 15.7 Å². The van der Waals surface area contributed by atoms with Gasteiger partial charge in [-0.2, -0.15) is 5.26 Å². The van der Waals surface area contributed by atoms with E-state index in [1.54, 1.807) is 18.4 Å². The molecule has 0 spiro atoms. The number of aryl methyl sites for hydroxylation is 1. The van der Waals surface area contributed by atoms with Gasteiger partial charge in [-0.3, -0.25) is 13.9 Å². The van der Waals surface area contributed by atoms with Crippen molar-refractivity contribution in [2.45, 2.75) is 78.5 Å². The van der Waals surface area contributed by atoms with Crippen LogP contribution in [0.25, 0.3) is 11.0 Å². The topological polar surface area (TPSA) is 125 Å². The number of carbonyl (C=O) groups is 1. The molecule has 1 aromatic carbocycles. The van der Waals surface area contributed by atoms with Gasteiger partial charge in [0.1, 0.15) is 22.5 Å². The van der Waals surface area contributed by atoms with Crippen LogP contribution < -0.4 is 16.3 Å². The Kier molecular flexibility index (Phi) is 9.58. The highest BCUT2D eigenvalue weighted by Crippen LogP contribution is 2.29. The maximum absolute atomic E-state index is 13.6. The molecule has 0 aliphatic rings. The second-order valence-electron chi connectivity index (χ2n) is 10.3. The largest absolute Gasteiger partial charge is 0.390 e. The molecule has 2 aromatic heterocycles. The van der Waals surface area contributed by atoms with Crippen LogP contribution in [0.5, 0.6) is 0 Å². The maximum Gasteiger partial charge on any atom is 0.329 e. The summed E-state index contributed by atoms with van der Waals surface area (Å²) >= 11 is 6.20. The van der Waals surface area contributed by atoms with E-state index in [1.165, 1.54) is 13.1 Å². The number of aliphatic hydroxyl groups is 1. The summed E-state index contributed by atoms with van der Waals surface area (Å²) in [5.41, 5.74) is 1.64. The molecule has 204 valence electrons. The number of anilines is 2. The molecule has 1 amide bonds. The molecule has 0 bridgehead atoms. The average molecular weight is 541 g/mol. The molecular formula is C28H37ClN6O3. The zero-order valence-corrected chi connectivity index (χ0v) is 23.5. The van der Waals surface area contributed by atoms with E-state index in [-0.39, 0.29) is 22.1 Å². The Hall–Kier alpha value is -3.35. The predicted octanol–water partition coefficient (Wildman–Crippen LogP) is 5.20. The standard InChI is InChI=1S/C28H37ClN6O3/c1-6-8-18(9-7-2)17-35-23-11-10-19(14-24(23)34(27(35)37)13-12-28(3,4)38)32-21-15-22(26(36)31-5)33-25(29)20(21)16-30/h10-11,14-15,18,38H,6-9,12-13,17H2,1-5H3,(H,31,36)(H,32,33). The van der Waals surface area contributed by atoms with Crippen molar-refractivity contribution in [3.8, 4) is 6.07 Å².